The second-order valence-electron chi connectivity index (χ2n) is 6.98. The van der Waals surface area contributed by atoms with Gasteiger partial charge in [0.25, 0.3) is 0 Å². The Bertz CT molecular complexity index is 679. The van der Waals surface area contributed by atoms with Crippen molar-refractivity contribution < 1.29 is 27.8 Å². The number of thiophene rings is 1. The zero-order valence-corrected chi connectivity index (χ0v) is 15.5. The van der Waals surface area contributed by atoms with Crippen LogP contribution in [0.4, 0.5) is 13.2 Å². The number of hydrogen-bond acceptors (Lipinski definition) is 5. The highest BCUT2D eigenvalue weighted by molar-refractivity contribution is 7.12. The standard InChI is InChI=1S/C17H23F3N2O3S/c1-10-8-16(4-5-22(10)9-12(23)15(24)21-2)14-11(3-6-25-16)7-13(26-14)17(18,19)20/h7,10,12,23H,3-6,8-9H2,1-2H3,(H,21,24)/t10-,12?,16+/m0/s1. The van der Waals surface area contributed by atoms with Gasteiger partial charge in [0.1, 0.15) is 16.6 Å². The number of likely N-dealkylation sites (N-methyl/N-ethyl adjacent to an activating group) is 1. The van der Waals surface area contributed by atoms with Crippen molar-refractivity contribution in [2.45, 2.75) is 50.1 Å². The fraction of sp³-hybridized carbons (Fsp3) is 0.706. The molecule has 1 spiro atoms. The van der Waals surface area contributed by atoms with Gasteiger partial charge in [0.05, 0.1) is 6.61 Å². The van der Waals surface area contributed by atoms with Crippen LogP contribution in [0.1, 0.15) is 35.1 Å². The molecule has 2 aliphatic heterocycles. The predicted molar refractivity (Wildman–Crippen MR) is 91.0 cm³/mol. The molecule has 0 bridgehead atoms. The molecule has 1 saturated heterocycles. The van der Waals surface area contributed by atoms with Crippen molar-refractivity contribution >= 4 is 17.2 Å². The highest BCUT2D eigenvalue weighted by Gasteiger charge is 2.47. The number of β-amino-alcohol motifs (C(OH)–C–C–N with tert-alkyl or cyclic N) is 1. The average molecular weight is 392 g/mol. The minimum absolute atomic E-state index is 0.0227. The average Bonchev–Trinajstić information content (AvgIpc) is 3.03. The van der Waals surface area contributed by atoms with Crippen LogP contribution in [-0.4, -0.2) is 54.8 Å². The molecule has 3 atom stereocenters. The van der Waals surface area contributed by atoms with Gasteiger partial charge in [-0.15, -0.1) is 11.3 Å². The molecule has 0 saturated carbocycles. The minimum Gasteiger partial charge on any atom is -0.382 e. The minimum atomic E-state index is -4.34. The molecule has 1 aromatic rings. The number of amides is 1. The van der Waals surface area contributed by atoms with Crippen LogP contribution in [0.2, 0.25) is 0 Å². The van der Waals surface area contributed by atoms with E-state index in [-0.39, 0.29) is 12.6 Å². The van der Waals surface area contributed by atoms with Crippen LogP contribution < -0.4 is 5.32 Å². The number of fused-ring (bicyclic) bond motifs is 2. The first-order valence-corrected chi connectivity index (χ1v) is 9.46. The summed E-state index contributed by atoms with van der Waals surface area (Å²) in [5, 5.41) is 12.3. The third-order valence-electron chi connectivity index (χ3n) is 5.26. The Labute approximate surface area is 154 Å². The van der Waals surface area contributed by atoms with Gasteiger partial charge in [-0.3, -0.25) is 9.69 Å². The molecule has 146 valence electrons. The van der Waals surface area contributed by atoms with Gasteiger partial charge in [-0.2, -0.15) is 13.2 Å². The number of ether oxygens (including phenoxy) is 1. The highest BCUT2D eigenvalue weighted by atomic mass is 32.1. The number of hydrogen-bond donors (Lipinski definition) is 2. The number of nitrogens with one attached hydrogen (secondary N) is 1. The van der Waals surface area contributed by atoms with Gasteiger partial charge >= 0.3 is 6.18 Å². The smallest absolute Gasteiger partial charge is 0.382 e. The topological polar surface area (TPSA) is 61.8 Å². The molecule has 0 aliphatic carbocycles. The van der Waals surface area contributed by atoms with Gasteiger partial charge in [-0.05, 0) is 37.8 Å². The van der Waals surface area contributed by atoms with Gasteiger partial charge in [0.2, 0.25) is 5.91 Å². The molecule has 2 N–H and O–H groups in total. The maximum Gasteiger partial charge on any atom is 0.425 e. The van der Waals surface area contributed by atoms with Crippen LogP contribution >= 0.6 is 11.3 Å². The highest BCUT2D eigenvalue weighted by Crippen LogP contribution is 2.49. The SMILES string of the molecule is CNC(=O)C(O)CN1CC[C@]2(C[C@@H]1C)OCCc1cc(C(F)(F)F)sc12. The normalized spacial score (nSPS) is 28.0. The molecule has 5 nitrogen and oxygen atoms in total. The Hall–Kier alpha value is -1.16. The zero-order chi connectivity index (χ0) is 19.1. The fourth-order valence-corrected chi connectivity index (χ4v) is 5.15. The van der Waals surface area contributed by atoms with E-state index in [0.29, 0.717) is 37.3 Å². The molecule has 3 rings (SSSR count). The van der Waals surface area contributed by atoms with E-state index in [1.54, 1.807) is 0 Å². The van der Waals surface area contributed by atoms with Crippen LogP contribution in [0.5, 0.6) is 0 Å². The van der Waals surface area contributed by atoms with Crippen molar-refractivity contribution in [1.82, 2.24) is 10.2 Å². The Kier molecular flexibility index (Phi) is 5.35. The second-order valence-corrected chi connectivity index (χ2v) is 8.04. The largest absolute Gasteiger partial charge is 0.425 e. The summed E-state index contributed by atoms with van der Waals surface area (Å²) in [7, 11) is 1.46. The van der Waals surface area contributed by atoms with Crippen molar-refractivity contribution in [1.29, 1.82) is 0 Å². The summed E-state index contributed by atoms with van der Waals surface area (Å²) in [6.45, 7) is 3.11. The number of likely N-dealkylation sites (tertiary alicyclic amines) is 1. The molecule has 1 fully saturated rings. The molecular weight excluding hydrogens is 369 g/mol. The molecule has 9 heteroatoms. The van der Waals surface area contributed by atoms with Crippen molar-refractivity contribution in [3.63, 3.8) is 0 Å². The Morgan fingerprint density at radius 1 is 1.58 bits per heavy atom. The molecular formula is C17H23F3N2O3S. The third-order valence-corrected chi connectivity index (χ3v) is 6.67. The first kappa shape index (κ1) is 19.6. The van der Waals surface area contributed by atoms with Crippen molar-refractivity contribution in [3.05, 3.63) is 21.4 Å². The van der Waals surface area contributed by atoms with Crippen LogP contribution in [0.25, 0.3) is 0 Å². The lowest BCUT2D eigenvalue weighted by molar-refractivity contribution is -0.134. The molecule has 0 radical (unpaired) electrons. The van der Waals surface area contributed by atoms with E-state index in [4.69, 9.17) is 4.74 Å². The molecule has 1 unspecified atom stereocenters. The van der Waals surface area contributed by atoms with Crippen molar-refractivity contribution in [2.24, 2.45) is 0 Å². The quantitative estimate of drug-likeness (QED) is 0.827. The van der Waals surface area contributed by atoms with E-state index in [0.717, 1.165) is 16.9 Å². The molecule has 1 aromatic heterocycles. The number of piperidine rings is 1. The lowest BCUT2D eigenvalue weighted by Crippen LogP contribution is -2.53. The van der Waals surface area contributed by atoms with E-state index >= 15 is 0 Å². The van der Waals surface area contributed by atoms with Gasteiger partial charge in [-0.1, -0.05) is 0 Å². The van der Waals surface area contributed by atoms with Crippen LogP contribution in [-0.2, 0) is 27.7 Å². The molecule has 0 aromatic carbocycles. The third kappa shape index (κ3) is 3.62. The first-order valence-electron chi connectivity index (χ1n) is 8.64. The summed E-state index contributed by atoms with van der Waals surface area (Å²) in [6, 6.07) is 1.24. The number of carbonyl (C=O) groups excluding carboxylic acids is 1. The van der Waals surface area contributed by atoms with Gasteiger partial charge < -0.3 is 15.2 Å². The first-order chi connectivity index (χ1) is 12.2. The van der Waals surface area contributed by atoms with E-state index < -0.39 is 28.7 Å². The van der Waals surface area contributed by atoms with Crippen LogP contribution in [0.3, 0.4) is 0 Å². The van der Waals surface area contributed by atoms with Crippen LogP contribution in [0.15, 0.2) is 6.07 Å². The number of aliphatic hydroxyl groups is 1. The van der Waals surface area contributed by atoms with Crippen molar-refractivity contribution in [2.75, 3.05) is 26.7 Å². The molecule has 1 amide bonds. The summed E-state index contributed by atoms with van der Waals surface area (Å²) in [5.74, 6) is -0.443. The van der Waals surface area contributed by atoms with Crippen molar-refractivity contribution in [3.8, 4) is 0 Å². The maximum atomic E-state index is 13.1. The summed E-state index contributed by atoms with van der Waals surface area (Å²) in [6.07, 6.45) is -3.89. The summed E-state index contributed by atoms with van der Waals surface area (Å²) in [5.41, 5.74) is 0.0370. The lowest BCUT2D eigenvalue weighted by atomic mass is 9.82. The second kappa shape index (κ2) is 7.10. The Morgan fingerprint density at radius 3 is 2.92 bits per heavy atom. The molecule has 2 aliphatic rings. The molecule has 3 heterocycles. The summed E-state index contributed by atoms with van der Waals surface area (Å²) in [4.78, 5) is 13.6. The number of halogens is 3. The lowest BCUT2D eigenvalue weighted by Gasteiger charge is -2.47. The van der Waals surface area contributed by atoms with Gasteiger partial charge in [0, 0.05) is 31.1 Å². The van der Waals surface area contributed by atoms with Gasteiger partial charge in [0.15, 0.2) is 0 Å². The molecule has 26 heavy (non-hydrogen) atoms. The number of nitrogens with zero attached hydrogens (tertiary/aromatic N) is 1. The predicted octanol–water partition coefficient (Wildman–Crippen LogP) is 2.13. The number of alkyl halides is 3. The summed E-state index contributed by atoms with van der Waals surface area (Å²) < 4.78 is 45.4. The Morgan fingerprint density at radius 2 is 2.31 bits per heavy atom. The number of aliphatic hydroxyl groups excluding tert-OH is 1. The van der Waals surface area contributed by atoms with E-state index in [1.165, 1.54) is 13.1 Å². The summed E-state index contributed by atoms with van der Waals surface area (Å²) >= 11 is 0.791. The number of rotatable bonds is 3. The van der Waals surface area contributed by atoms with E-state index in [9.17, 15) is 23.1 Å². The van der Waals surface area contributed by atoms with E-state index in [2.05, 4.69) is 5.32 Å². The van der Waals surface area contributed by atoms with E-state index in [1.807, 2.05) is 11.8 Å². The van der Waals surface area contributed by atoms with Gasteiger partial charge in [-0.25, -0.2) is 0 Å². The maximum absolute atomic E-state index is 13.1. The monoisotopic (exact) mass is 392 g/mol. The zero-order valence-electron chi connectivity index (χ0n) is 14.7. The number of carbonyl (C=O) groups is 1. The Balaban J connectivity index is 1.78. The van der Waals surface area contributed by atoms with Crippen LogP contribution in [0, 0.1) is 0 Å². The fourth-order valence-electron chi connectivity index (χ4n) is 3.89.